The second kappa shape index (κ2) is 13.8. The molecule has 4 heterocycles. The highest BCUT2D eigenvalue weighted by atomic mass is 16.6. The van der Waals surface area contributed by atoms with Crippen LogP contribution in [0.1, 0.15) is 52.4 Å². The second-order valence-electron chi connectivity index (χ2n) is 12.2. The smallest absolute Gasteiger partial charge is 0.413 e. The Morgan fingerprint density at radius 3 is 2.14 bits per heavy atom. The first kappa shape index (κ1) is 34.7. The summed E-state index contributed by atoms with van der Waals surface area (Å²) in [5, 5.41) is 15.5. The zero-order valence-electron chi connectivity index (χ0n) is 28.2. The van der Waals surface area contributed by atoms with Crippen LogP contribution in [0.5, 0.6) is 0 Å². The number of hydrogen-bond acceptors (Lipinski definition) is 9. The molecule has 50 heavy (non-hydrogen) atoms. The minimum atomic E-state index is -0.710. The summed E-state index contributed by atoms with van der Waals surface area (Å²) in [6.07, 6.45) is 6.19. The van der Waals surface area contributed by atoms with E-state index < -0.39 is 35.5 Å². The maximum Gasteiger partial charge on any atom is 0.413 e. The molecule has 17 heteroatoms. The van der Waals surface area contributed by atoms with Gasteiger partial charge in [0.1, 0.15) is 23.6 Å². The van der Waals surface area contributed by atoms with E-state index in [1.807, 2.05) is 0 Å². The molecule has 0 unspecified atom stereocenters. The van der Waals surface area contributed by atoms with Crippen molar-refractivity contribution in [2.24, 2.45) is 21.1 Å². The fraction of sp³-hybridized carbons (Fsp3) is 0.242. The van der Waals surface area contributed by atoms with Gasteiger partial charge in [-0.25, -0.2) is 14.6 Å². The number of hydrogen-bond donors (Lipinski definition) is 4. The molecule has 0 aliphatic carbocycles. The van der Waals surface area contributed by atoms with Crippen molar-refractivity contribution in [3.05, 3.63) is 85.0 Å². The van der Waals surface area contributed by atoms with Crippen LogP contribution in [0, 0.1) is 0 Å². The van der Waals surface area contributed by atoms with E-state index in [0.29, 0.717) is 28.0 Å². The Morgan fingerprint density at radius 1 is 0.800 bits per heavy atom. The lowest BCUT2D eigenvalue weighted by molar-refractivity contribution is 0.0634. The van der Waals surface area contributed by atoms with Gasteiger partial charge in [0.15, 0.2) is 5.82 Å². The maximum absolute atomic E-state index is 13.6. The predicted octanol–water partition coefficient (Wildman–Crippen LogP) is 4.72. The number of ether oxygens (including phenoxy) is 2. The first-order valence-electron chi connectivity index (χ1n) is 15.2. The van der Waals surface area contributed by atoms with Gasteiger partial charge in [0.2, 0.25) is 5.82 Å². The number of imidazole rings is 1. The Bertz CT molecular complexity index is 2140. The Morgan fingerprint density at radius 2 is 1.46 bits per heavy atom. The van der Waals surface area contributed by atoms with Gasteiger partial charge in [-0.1, -0.05) is 12.7 Å². The van der Waals surface area contributed by atoms with E-state index in [9.17, 15) is 24.0 Å². The van der Waals surface area contributed by atoms with Crippen molar-refractivity contribution >= 4 is 63.7 Å². The highest BCUT2D eigenvalue weighted by Gasteiger charge is 2.22. The van der Waals surface area contributed by atoms with E-state index in [0.717, 1.165) is 0 Å². The van der Waals surface area contributed by atoms with Crippen molar-refractivity contribution in [3.8, 4) is 0 Å². The molecular weight excluding hydrogens is 648 g/mol. The normalized spacial score (nSPS) is 11.2. The minimum Gasteiger partial charge on any atom is -0.445 e. The summed E-state index contributed by atoms with van der Waals surface area (Å²) in [5.41, 5.74) is 1.25. The quantitative estimate of drug-likeness (QED) is 0.159. The highest BCUT2D eigenvalue weighted by molar-refractivity contribution is 6.07. The van der Waals surface area contributed by atoms with Crippen LogP contribution in [0.3, 0.4) is 0 Å². The minimum absolute atomic E-state index is 0.0101. The number of anilines is 4. The molecule has 4 amide bonds. The predicted molar refractivity (Wildman–Crippen MR) is 184 cm³/mol. The van der Waals surface area contributed by atoms with Gasteiger partial charge in [0.05, 0.1) is 23.1 Å². The summed E-state index contributed by atoms with van der Waals surface area (Å²) in [7, 11) is 4.89. The number of aryl methyl sites for hydroxylation is 3. The van der Waals surface area contributed by atoms with Gasteiger partial charge in [0, 0.05) is 50.8 Å². The fourth-order valence-corrected chi connectivity index (χ4v) is 4.89. The van der Waals surface area contributed by atoms with Crippen LogP contribution >= 0.6 is 0 Å². The molecular formula is C33H36N10O7. The van der Waals surface area contributed by atoms with Crippen LogP contribution in [-0.4, -0.2) is 70.6 Å². The third-order valence-corrected chi connectivity index (χ3v) is 7.03. The number of nitrogens with one attached hydrogen (secondary N) is 4. The van der Waals surface area contributed by atoms with E-state index in [2.05, 4.69) is 37.9 Å². The van der Waals surface area contributed by atoms with Crippen LogP contribution in [0.15, 0.2) is 67.8 Å². The first-order chi connectivity index (χ1) is 23.6. The molecule has 5 aromatic rings. The second-order valence-corrected chi connectivity index (χ2v) is 12.2. The summed E-state index contributed by atoms with van der Waals surface area (Å²) in [4.78, 5) is 68.1. The lowest BCUT2D eigenvalue weighted by Gasteiger charge is -2.18. The molecule has 0 aliphatic rings. The zero-order valence-corrected chi connectivity index (χ0v) is 28.2. The molecule has 4 N–H and O–H groups in total. The standard InChI is InChI=1S/C33H36N10O7/c1-8-11-49-31(47)37-20-10-9-19-15-34-43(23(19)12-20)30(46)25-14-22(17-41(25)6)35-28(44)24-13-21(16-40(24)5)36-29(45)27-38-26(18-42(27)7)39-32(48)50-33(2,3)4/h8-10,12-18H,1,11H2,2-7H3,(H,35,44)(H,36,45)(H,37,47)(H,39,48). The number of carbonyl (C=O) groups is 5. The number of fused-ring (bicyclic) bond motifs is 1. The molecule has 0 saturated carbocycles. The van der Waals surface area contributed by atoms with Crippen molar-refractivity contribution < 1.29 is 33.4 Å². The number of carbonyl (C=O) groups excluding carboxylic acids is 5. The van der Waals surface area contributed by atoms with Gasteiger partial charge in [-0.05, 0) is 51.1 Å². The summed E-state index contributed by atoms with van der Waals surface area (Å²) in [6.45, 7) is 8.73. The molecule has 4 aromatic heterocycles. The Kier molecular flexibility index (Phi) is 9.59. The number of amides is 4. The van der Waals surface area contributed by atoms with Crippen LogP contribution in [0.4, 0.5) is 32.5 Å². The van der Waals surface area contributed by atoms with E-state index in [-0.39, 0.29) is 29.6 Å². The lowest BCUT2D eigenvalue weighted by Crippen LogP contribution is -2.27. The highest BCUT2D eigenvalue weighted by Crippen LogP contribution is 2.23. The molecule has 0 radical (unpaired) electrons. The summed E-state index contributed by atoms with van der Waals surface area (Å²) < 4.78 is 15.9. The van der Waals surface area contributed by atoms with Gasteiger partial charge in [-0.2, -0.15) is 9.78 Å². The van der Waals surface area contributed by atoms with Crippen LogP contribution in [-0.2, 0) is 30.6 Å². The monoisotopic (exact) mass is 684 g/mol. The van der Waals surface area contributed by atoms with Crippen molar-refractivity contribution in [1.82, 2.24) is 28.5 Å². The van der Waals surface area contributed by atoms with Gasteiger partial charge < -0.3 is 33.8 Å². The van der Waals surface area contributed by atoms with Crippen LogP contribution in [0.2, 0.25) is 0 Å². The molecule has 0 fully saturated rings. The zero-order chi connectivity index (χ0) is 36.3. The van der Waals surface area contributed by atoms with Gasteiger partial charge in [0.25, 0.3) is 17.7 Å². The van der Waals surface area contributed by atoms with Gasteiger partial charge in [-0.15, -0.1) is 0 Å². The maximum atomic E-state index is 13.6. The average molecular weight is 685 g/mol. The van der Waals surface area contributed by atoms with Gasteiger partial charge >= 0.3 is 12.2 Å². The van der Waals surface area contributed by atoms with Crippen molar-refractivity contribution in [3.63, 3.8) is 0 Å². The molecule has 1 aromatic carbocycles. The third kappa shape index (κ3) is 7.89. The molecule has 0 aliphatic heterocycles. The molecule has 260 valence electrons. The van der Waals surface area contributed by atoms with E-state index in [4.69, 9.17) is 9.47 Å². The number of nitrogens with zero attached hydrogens (tertiary/aromatic N) is 6. The van der Waals surface area contributed by atoms with Crippen LogP contribution in [0.25, 0.3) is 10.9 Å². The van der Waals surface area contributed by atoms with Crippen molar-refractivity contribution in [2.75, 3.05) is 27.9 Å². The van der Waals surface area contributed by atoms with E-state index in [1.54, 1.807) is 77.1 Å². The lowest BCUT2D eigenvalue weighted by atomic mass is 10.2. The fourth-order valence-electron chi connectivity index (χ4n) is 4.89. The summed E-state index contributed by atoms with van der Waals surface area (Å²) in [5.74, 6) is -1.41. The number of aromatic nitrogens is 6. The first-order valence-corrected chi connectivity index (χ1v) is 15.2. The SMILES string of the molecule is C=CCOC(=O)Nc1ccc2cnn(C(=O)c3cc(NC(=O)c4cc(NC(=O)c5nc(NC(=O)OC(C)(C)C)cn5C)cn4C)cn3C)c2c1. The Balaban J connectivity index is 1.26. The molecule has 5 rings (SSSR count). The van der Waals surface area contributed by atoms with Crippen molar-refractivity contribution in [1.29, 1.82) is 0 Å². The van der Waals surface area contributed by atoms with E-state index in [1.165, 1.54) is 44.4 Å². The topological polar surface area (TPSA) is 197 Å². The summed E-state index contributed by atoms with van der Waals surface area (Å²) >= 11 is 0. The largest absolute Gasteiger partial charge is 0.445 e. The third-order valence-electron chi connectivity index (χ3n) is 7.03. The number of benzene rings is 1. The number of rotatable bonds is 9. The molecule has 0 bridgehead atoms. The van der Waals surface area contributed by atoms with Gasteiger partial charge in [-0.3, -0.25) is 25.0 Å². The Labute approximate surface area is 285 Å². The molecule has 17 nitrogen and oxygen atoms in total. The summed E-state index contributed by atoms with van der Waals surface area (Å²) in [6, 6.07) is 7.96. The van der Waals surface area contributed by atoms with Crippen LogP contribution < -0.4 is 21.3 Å². The van der Waals surface area contributed by atoms with E-state index >= 15 is 0 Å². The Hall–Kier alpha value is -6.65. The molecule has 0 spiro atoms. The average Bonchev–Trinajstić information content (AvgIpc) is 3.80. The van der Waals surface area contributed by atoms with Crippen molar-refractivity contribution in [2.45, 2.75) is 26.4 Å². The molecule has 0 saturated heterocycles. The molecule has 0 atom stereocenters.